The molecule has 0 radical (unpaired) electrons. The van der Waals surface area contributed by atoms with E-state index in [9.17, 15) is 4.79 Å². The van der Waals surface area contributed by atoms with Crippen LogP contribution in [0.25, 0.3) is 22.2 Å². The molecule has 41 heavy (non-hydrogen) atoms. The zero-order chi connectivity index (χ0) is 28.5. The number of likely N-dealkylation sites (tertiary alicyclic amines) is 1. The number of fused-ring (bicyclic) bond motifs is 2. The van der Waals surface area contributed by atoms with Crippen molar-refractivity contribution in [1.29, 1.82) is 0 Å². The molecule has 5 heterocycles. The Balaban J connectivity index is 1.24. The first-order valence-electron chi connectivity index (χ1n) is 13.4. The van der Waals surface area contributed by atoms with Gasteiger partial charge in [-0.05, 0) is 56.0 Å². The molecule has 11 heteroatoms. The standard InChI is InChI=1S/C30H29FN8O2/c1-4-27(40)39-10-5-6-19(9-11-39)22-7-8-23-28(36-22)29(34-16-33-23)37-24-12-18(2)26(14-21(24)31)41-20-13-25-30(32-15-20)38(3)17-35-25/h4,7-8,12-17,19H,1,5-6,9-11H2,2-3H3,(H,33,34,37). The second kappa shape index (κ2) is 10.9. The van der Waals surface area contributed by atoms with Crippen LogP contribution in [0.1, 0.15) is 36.4 Å². The highest BCUT2D eigenvalue weighted by Gasteiger charge is 2.22. The molecule has 208 valence electrons. The van der Waals surface area contributed by atoms with Crippen molar-refractivity contribution < 1.29 is 13.9 Å². The Morgan fingerprint density at radius 2 is 2.00 bits per heavy atom. The highest BCUT2D eigenvalue weighted by atomic mass is 19.1. The van der Waals surface area contributed by atoms with E-state index in [0.29, 0.717) is 47.0 Å². The van der Waals surface area contributed by atoms with Crippen molar-refractivity contribution in [3.63, 3.8) is 0 Å². The highest BCUT2D eigenvalue weighted by molar-refractivity contribution is 5.88. The first kappa shape index (κ1) is 26.3. The van der Waals surface area contributed by atoms with Gasteiger partial charge in [0.25, 0.3) is 0 Å². The SMILES string of the molecule is C=CC(=O)N1CCCC(c2ccc3ncnc(Nc4cc(C)c(Oc5cnc6c(c5)ncn6C)cc4F)c3n2)CC1. The molecule has 1 aliphatic rings. The maximum absolute atomic E-state index is 15.3. The summed E-state index contributed by atoms with van der Waals surface area (Å²) < 4.78 is 23.1. The molecule has 0 bridgehead atoms. The van der Waals surface area contributed by atoms with Gasteiger partial charge in [0, 0.05) is 43.9 Å². The van der Waals surface area contributed by atoms with E-state index in [1.165, 1.54) is 18.5 Å². The fraction of sp³-hybridized carbons (Fsp3) is 0.267. The van der Waals surface area contributed by atoms with E-state index in [-0.39, 0.29) is 17.5 Å². The van der Waals surface area contributed by atoms with Crippen molar-refractivity contribution in [3.05, 3.63) is 78.9 Å². The van der Waals surface area contributed by atoms with Gasteiger partial charge in [0.05, 0.1) is 23.7 Å². The molecule has 1 unspecified atom stereocenters. The summed E-state index contributed by atoms with van der Waals surface area (Å²) in [4.78, 5) is 36.2. The van der Waals surface area contributed by atoms with Gasteiger partial charge in [-0.2, -0.15) is 0 Å². The fourth-order valence-electron chi connectivity index (χ4n) is 5.19. The maximum atomic E-state index is 15.3. The van der Waals surface area contributed by atoms with Crippen molar-refractivity contribution in [2.45, 2.75) is 32.1 Å². The van der Waals surface area contributed by atoms with E-state index < -0.39 is 5.82 Å². The number of carbonyl (C=O) groups excluding carboxylic acids is 1. The van der Waals surface area contributed by atoms with Gasteiger partial charge in [0.1, 0.15) is 34.7 Å². The molecule has 1 aromatic carbocycles. The lowest BCUT2D eigenvalue weighted by atomic mass is 9.96. The molecular weight excluding hydrogens is 523 g/mol. The monoisotopic (exact) mass is 552 g/mol. The Bertz CT molecular complexity index is 1790. The summed E-state index contributed by atoms with van der Waals surface area (Å²) in [5.74, 6) is 0.882. The largest absolute Gasteiger partial charge is 0.455 e. The first-order chi connectivity index (χ1) is 19.9. The third-order valence-corrected chi connectivity index (χ3v) is 7.41. The summed E-state index contributed by atoms with van der Waals surface area (Å²) in [6.07, 6.45) is 8.65. The molecule has 1 saturated heterocycles. The number of aromatic nitrogens is 6. The molecule has 5 aromatic rings. The average Bonchev–Trinajstić information content (AvgIpc) is 3.17. The quantitative estimate of drug-likeness (QED) is 0.272. The lowest BCUT2D eigenvalue weighted by Crippen LogP contribution is -2.30. The van der Waals surface area contributed by atoms with Crippen LogP contribution in [-0.4, -0.2) is 53.4 Å². The Kier molecular flexibility index (Phi) is 7.00. The summed E-state index contributed by atoms with van der Waals surface area (Å²) in [5.41, 5.74) is 4.50. The van der Waals surface area contributed by atoms with Crippen LogP contribution in [0.4, 0.5) is 15.9 Å². The molecule has 4 aromatic heterocycles. The number of aryl methyl sites for hydroxylation is 2. The third kappa shape index (κ3) is 5.30. The molecule has 0 spiro atoms. The van der Waals surface area contributed by atoms with Gasteiger partial charge in [-0.15, -0.1) is 0 Å². The average molecular weight is 553 g/mol. The summed E-state index contributed by atoms with van der Waals surface area (Å²) >= 11 is 0. The Hall–Kier alpha value is -4.93. The van der Waals surface area contributed by atoms with Crippen LogP contribution in [0, 0.1) is 12.7 Å². The van der Waals surface area contributed by atoms with Gasteiger partial charge in [0.2, 0.25) is 5.91 Å². The van der Waals surface area contributed by atoms with E-state index in [1.54, 1.807) is 24.7 Å². The van der Waals surface area contributed by atoms with Crippen LogP contribution >= 0.6 is 0 Å². The van der Waals surface area contributed by atoms with Gasteiger partial charge in [-0.25, -0.2) is 29.3 Å². The third-order valence-electron chi connectivity index (χ3n) is 7.41. The Morgan fingerprint density at radius 3 is 2.85 bits per heavy atom. The minimum atomic E-state index is -0.504. The predicted octanol–water partition coefficient (Wildman–Crippen LogP) is 5.57. The molecule has 1 atom stereocenters. The van der Waals surface area contributed by atoms with Crippen LogP contribution in [0.5, 0.6) is 11.5 Å². The van der Waals surface area contributed by atoms with Crippen LogP contribution in [-0.2, 0) is 11.8 Å². The van der Waals surface area contributed by atoms with Crippen molar-refractivity contribution >= 4 is 39.6 Å². The fourth-order valence-corrected chi connectivity index (χ4v) is 5.19. The van der Waals surface area contributed by atoms with E-state index in [1.807, 2.05) is 35.6 Å². The highest BCUT2D eigenvalue weighted by Crippen LogP contribution is 2.33. The zero-order valence-electron chi connectivity index (χ0n) is 22.8. The van der Waals surface area contributed by atoms with E-state index in [0.717, 1.165) is 36.2 Å². The second-order valence-corrected chi connectivity index (χ2v) is 10.2. The molecular formula is C30H29FN8O2. The first-order valence-corrected chi connectivity index (χ1v) is 13.4. The molecule has 10 nitrogen and oxygen atoms in total. The molecule has 0 saturated carbocycles. The van der Waals surface area contributed by atoms with Gasteiger partial charge in [0.15, 0.2) is 11.5 Å². The van der Waals surface area contributed by atoms with Crippen LogP contribution in [0.15, 0.2) is 61.8 Å². The van der Waals surface area contributed by atoms with Gasteiger partial charge in [-0.1, -0.05) is 6.58 Å². The van der Waals surface area contributed by atoms with E-state index >= 15 is 4.39 Å². The second-order valence-electron chi connectivity index (χ2n) is 10.2. The molecule has 6 rings (SSSR count). The van der Waals surface area contributed by atoms with Gasteiger partial charge in [-0.3, -0.25) is 4.79 Å². The number of nitrogens with zero attached hydrogens (tertiary/aromatic N) is 7. The molecule has 0 aliphatic carbocycles. The lowest BCUT2D eigenvalue weighted by molar-refractivity contribution is -0.125. The van der Waals surface area contributed by atoms with Gasteiger partial charge < -0.3 is 19.5 Å². The Labute approximate surface area is 235 Å². The number of pyridine rings is 2. The number of ether oxygens (including phenoxy) is 1. The number of hydrogen-bond acceptors (Lipinski definition) is 8. The number of benzene rings is 1. The van der Waals surface area contributed by atoms with Crippen LogP contribution in [0.3, 0.4) is 0 Å². The van der Waals surface area contributed by atoms with E-state index in [2.05, 4.69) is 31.8 Å². The number of halogens is 1. The normalized spacial score (nSPS) is 15.6. The lowest BCUT2D eigenvalue weighted by Gasteiger charge is -2.18. The molecule has 1 aliphatic heterocycles. The number of hydrogen-bond donors (Lipinski definition) is 1. The summed E-state index contributed by atoms with van der Waals surface area (Å²) in [5, 5.41) is 3.11. The number of nitrogens with one attached hydrogen (secondary N) is 1. The number of imidazole rings is 1. The van der Waals surface area contributed by atoms with Crippen molar-refractivity contribution in [2.75, 3.05) is 18.4 Å². The maximum Gasteiger partial charge on any atom is 0.245 e. The van der Waals surface area contributed by atoms with Crippen LogP contribution < -0.4 is 10.1 Å². The summed E-state index contributed by atoms with van der Waals surface area (Å²) in [6, 6.07) is 8.66. The van der Waals surface area contributed by atoms with Crippen molar-refractivity contribution in [2.24, 2.45) is 7.05 Å². The summed E-state index contributed by atoms with van der Waals surface area (Å²) in [6.45, 7) is 6.80. The van der Waals surface area contributed by atoms with Gasteiger partial charge >= 0.3 is 0 Å². The summed E-state index contributed by atoms with van der Waals surface area (Å²) in [7, 11) is 1.86. The zero-order valence-corrected chi connectivity index (χ0v) is 22.8. The topological polar surface area (TPSA) is 111 Å². The van der Waals surface area contributed by atoms with E-state index in [4.69, 9.17) is 9.72 Å². The minimum absolute atomic E-state index is 0.0447. The smallest absolute Gasteiger partial charge is 0.245 e. The number of rotatable bonds is 6. The predicted molar refractivity (Wildman–Crippen MR) is 154 cm³/mol. The van der Waals surface area contributed by atoms with Crippen LogP contribution in [0.2, 0.25) is 0 Å². The molecule has 1 N–H and O–H groups in total. The molecule has 1 amide bonds. The Morgan fingerprint density at radius 1 is 1.12 bits per heavy atom. The number of anilines is 2. The minimum Gasteiger partial charge on any atom is -0.455 e. The number of amides is 1. The van der Waals surface area contributed by atoms with Crippen molar-refractivity contribution in [1.82, 2.24) is 34.4 Å². The molecule has 1 fully saturated rings. The van der Waals surface area contributed by atoms with Crippen molar-refractivity contribution in [3.8, 4) is 11.5 Å². The number of carbonyl (C=O) groups is 1.